The molecular weight excluding hydrogens is 288 g/mol. The van der Waals surface area contributed by atoms with Crippen LogP contribution >= 0.6 is 0 Å². The standard InChI is InChI=1S/C12H13Si.C5H5.Fe/c1-13(12-9-5-6-10-12)11-7-3-2-4-8-11;1-2-4-5-3-1;/h2-10,13H,1H3;1-5H;/q-1;-5;. The third-order valence-corrected chi connectivity index (χ3v) is 5.81. The average molecular weight is 306 g/mol. The number of rotatable bonds is 2. The van der Waals surface area contributed by atoms with Crippen molar-refractivity contribution in [2.75, 3.05) is 0 Å². The molecule has 0 saturated carbocycles. The van der Waals surface area contributed by atoms with Crippen LogP contribution in [-0.2, 0) is 17.1 Å². The summed E-state index contributed by atoms with van der Waals surface area (Å²) >= 11 is 0. The van der Waals surface area contributed by atoms with Gasteiger partial charge in [0.1, 0.15) is 0 Å². The van der Waals surface area contributed by atoms with Crippen molar-refractivity contribution in [2.24, 2.45) is 0 Å². The van der Waals surface area contributed by atoms with Gasteiger partial charge in [-0.3, -0.25) is 0 Å². The van der Waals surface area contributed by atoms with E-state index >= 15 is 0 Å². The van der Waals surface area contributed by atoms with Crippen molar-refractivity contribution >= 4 is 19.2 Å². The zero-order valence-corrected chi connectivity index (χ0v) is 13.3. The molecule has 19 heavy (non-hydrogen) atoms. The van der Waals surface area contributed by atoms with Crippen molar-refractivity contribution in [1.29, 1.82) is 0 Å². The molecule has 0 amide bonds. The third kappa shape index (κ3) is 5.04. The van der Waals surface area contributed by atoms with Crippen molar-refractivity contribution in [1.82, 2.24) is 0 Å². The monoisotopic (exact) mass is 306 g/mol. The quantitative estimate of drug-likeness (QED) is 0.504. The van der Waals surface area contributed by atoms with E-state index in [2.05, 4.69) is 61.1 Å². The molecule has 0 saturated heterocycles. The van der Waals surface area contributed by atoms with Gasteiger partial charge in [0.25, 0.3) is 0 Å². The predicted octanol–water partition coefficient (Wildman–Crippen LogP) is 2.78. The molecular formula is C17H18FeSi-6. The van der Waals surface area contributed by atoms with E-state index in [1.807, 2.05) is 30.3 Å². The van der Waals surface area contributed by atoms with E-state index in [1.165, 1.54) is 10.4 Å². The van der Waals surface area contributed by atoms with Gasteiger partial charge in [-0.25, -0.2) is 12.1 Å². The summed E-state index contributed by atoms with van der Waals surface area (Å²) < 4.78 is 0. The third-order valence-electron chi connectivity index (χ3n) is 3.04. The van der Waals surface area contributed by atoms with Crippen molar-refractivity contribution in [3.63, 3.8) is 0 Å². The van der Waals surface area contributed by atoms with E-state index in [9.17, 15) is 0 Å². The maximum Gasteiger partial charge on any atom is 0.0397 e. The Labute approximate surface area is 127 Å². The van der Waals surface area contributed by atoms with E-state index in [1.54, 1.807) is 0 Å². The molecule has 1 unspecified atom stereocenters. The summed E-state index contributed by atoms with van der Waals surface area (Å²) in [5.74, 6) is 0. The first-order valence-corrected chi connectivity index (χ1v) is 8.62. The van der Waals surface area contributed by atoms with Gasteiger partial charge in [0.05, 0.1) is 0 Å². The fourth-order valence-electron chi connectivity index (χ4n) is 1.93. The molecule has 104 valence electrons. The van der Waals surface area contributed by atoms with E-state index in [-0.39, 0.29) is 17.1 Å². The Kier molecular flexibility index (Phi) is 7.20. The SMILES string of the molecule is C[SiH](c1ccccc1)[c-]1cccc1.[Fe].[cH-]1[cH-][cH-][cH-][cH-]1. The maximum atomic E-state index is 2.38. The maximum absolute atomic E-state index is 2.38. The first-order valence-electron chi connectivity index (χ1n) is 6.31. The first kappa shape index (κ1) is 15.7. The van der Waals surface area contributed by atoms with Crippen LogP contribution < -0.4 is 10.4 Å². The second kappa shape index (κ2) is 8.71. The van der Waals surface area contributed by atoms with Crippen molar-refractivity contribution in [2.45, 2.75) is 6.55 Å². The van der Waals surface area contributed by atoms with Crippen molar-refractivity contribution in [3.05, 3.63) is 84.9 Å². The minimum absolute atomic E-state index is 0. The molecule has 0 spiro atoms. The summed E-state index contributed by atoms with van der Waals surface area (Å²) in [6.45, 7) is 2.38. The van der Waals surface area contributed by atoms with Crippen LogP contribution in [0.4, 0.5) is 0 Å². The summed E-state index contributed by atoms with van der Waals surface area (Å²) in [5.41, 5.74) is 0. The average Bonchev–Trinajstić information content (AvgIpc) is 3.14. The molecule has 2 heteroatoms. The zero-order chi connectivity index (χ0) is 12.6. The molecule has 1 atom stereocenters. The molecule has 0 fully saturated rings. The second-order valence-electron chi connectivity index (χ2n) is 4.31. The summed E-state index contributed by atoms with van der Waals surface area (Å²) in [5, 5.41) is 3.06. The Morgan fingerprint density at radius 2 is 1.26 bits per heavy atom. The van der Waals surface area contributed by atoms with Gasteiger partial charge < -0.3 is 30.3 Å². The van der Waals surface area contributed by atoms with Crippen LogP contribution in [0.15, 0.2) is 84.9 Å². The van der Waals surface area contributed by atoms with Gasteiger partial charge in [0.2, 0.25) is 0 Å². The molecule has 0 bridgehead atoms. The summed E-state index contributed by atoms with van der Waals surface area (Å²) in [6.07, 6.45) is 0. The van der Waals surface area contributed by atoms with Crippen LogP contribution in [0.1, 0.15) is 0 Å². The van der Waals surface area contributed by atoms with Gasteiger partial charge in [-0.2, -0.15) is 17.3 Å². The van der Waals surface area contributed by atoms with E-state index < -0.39 is 8.80 Å². The molecule has 0 aromatic heterocycles. The fraction of sp³-hybridized carbons (Fsp3) is 0.0588. The van der Waals surface area contributed by atoms with Crippen molar-refractivity contribution in [3.8, 4) is 0 Å². The van der Waals surface area contributed by atoms with Crippen LogP contribution in [0.5, 0.6) is 0 Å². The number of hydrogen-bond acceptors (Lipinski definition) is 0. The molecule has 0 aliphatic carbocycles. The predicted molar refractivity (Wildman–Crippen MR) is 82.8 cm³/mol. The molecule has 0 aliphatic rings. The fourth-order valence-corrected chi connectivity index (χ4v) is 3.92. The van der Waals surface area contributed by atoms with Gasteiger partial charge >= 0.3 is 0 Å². The molecule has 0 N–H and O–H groups in total. The van der Waals surface area contributed by atoms with Gasteiger partial charge in [0, 0.05) is 25.9 Å². The minimum Gasteiger partial charge on any atom is -0.748 e. The summed E-state index contributed by atoms with van der Waals surface area (Å²) in [4.78, 5) is 0. The van der Waals surface area contributed by atoms with Crippen molar-refractivity contribution < 1.29 is 17.1 Å². The van der Waals surface area contributed by atoms with Crippen LogP contribution in [-0.4, -0.2) is 8.80 Å². The molecule has 3 aromatic carbocycles. The molecule has 0 aliphatic heterocycles. The van der Waals surface area contributed by atoms with Gasteiger partial charge in [-0.1, -0.05) is 42.1 Å². The van der Waals surface area contributed by atoms with Gasteiger partial charge in [-0.15, -0.1) is 0 Å². The minimum atomic E-state index is -0.870. The summed E-state index contributed by atoms with van der Waals surface area (Å²) in [7, 11) is -0.870. The van der Waals surface area contributed by atoms with Crippen LogP contribution in [0, 0.1) is 0 Å². The Balaban J connectivity index is 0.000000256. The molecule has 0 heterocycles. The normalized spacial score (nSPS) is 10.8. The number of hydrogen-bond donors (Lipinski definition) is 0. The molecule has 3 aromatic rings. The van der Waals surface area contributed by atoms with E-state index in [0.717, 1.165) is 0 Å². The molecule has 0 nitrogen and oxygen atoms in total. The Morgan fingerprint density at radius 3 is 1.74 bits per heavy atom. The van der Waals surface area contributed by atoms with Crippen LogP contribution in [0.25, 0.3) is 0 Å². The van der Waals surface area contributed by atoms with E-state index in [0.29, 0.717) is 0 Å². The first-order chi connectivity index (χ1) is 8.88. The summed E-state index contributed by atoms with van der Waals surface area (Å²) in [6, 6.07) is 29.5. The Hall–Kier alpha value is -1.34. The Bertz CT molecular complexity index is 494. The van der Waals surface area contributed by atoms with Gasteiger partial charge in [0.15, 0.2) is 0 Å². The molecule has 3 rings (SSSR count). The van der Waals surface area contributed by atoms with Crippen LogP contribution in [0.3, 0.4) is 0 Å². The largest absolute Gasteiger partial charge is 0.748 e. The Morgan fingerprint density at radius 1 is 0.789 bits per heavy atom. The zero-order valence-electron chi connectivity index (χ0n) is 11.0. The van der Waals surface area contributed by atoms with E-state index in [4.69, 9.17) is 0 Å². The van der Waals surface area contributed by atoms with Crippen LogP contribution in [0.2, 0.25) is 6.55 Å². The number of benzene rings is 1. The van der Waals surface area contributed by atoms with Gasteiger partial charge in [-0.05, 0) is 0 Å². The second-order valence-corrected chi connectivity index (χ2v) is 7.09. The smallest absolute Gasteiger partial charge is 0.0397 e. The molecule has 0 radical (unpaired) electrons. The topological polar surface area (TPSA) is 0 Å².